The standard InChI is InChI=1S/C17H16BrFO/c1-11-9-13(4-6-15(11)19)17(18)14-5-7-16-12(10-14)3-2-8-20-16/h4-7,9-10,17H,2-3,8H2,1H3. The van der Waals surface area contributed by atoms with Gasteiger partial charge in [-0.05, 0) is 54.2 Å². The van der Waals surface area contributed by atoms with Gasteiger partial charge in [0.2, 0.25) is 0 Å². The van der Waals surface area contributed by atoms with E-state index in [0.717, 1.165) is 30.8 Å². The summed E-state index contributed by atoms with van der Waals surface area (Å²) >= 11 is 3.72. The third kappa shape index (κ3) is 2.59. The quantitative estimate of drug-likeness (QED) is 0.706. The van der Waals surface area contributed by atoms with Gasteiger partial charge in [-0.1, -0.05) is 40.2 Å². The van der Waals surface area contributed by atoms with Crippen molar-refractivity contribution in [3.63, 3.8) is 0 Å². The van der Waals surface area contributed by atoms with Gasteiger partial charge in [0.1, 0.15) is 11.6 Å². The average molecular weight is 335 g/mol. The van der Waals surface area contributed by atoms with Crippen LogP contribution < -0.4 is 4.74 Å². The minimum Gasteiger partial charge on any atom is -0.493 e. The number of alkyl halides is 1. The summed E-state index contributed by atoms with van der Waals surface area (Å²) in [6, 6.07) is 11.5. The zero-order valence-corrected chi connectivity index (χ0v) is 12.9. The molecule has 0 N–H and O–H groups in total. The van der Waals surface area contributed by atoms with Gasteiger partial charge < -0.3 is 4.74 Å². The number of hydrogen-bond donors (Lipinski definition) is 0. The SMILES string of the molecule is Cc1cc(C(Br)c2ccc3c(c2)CCCO3)ccc1F. The van der Waals surface area contributed by atoms with Crippen molar-refractivity contribution in [3.8, 4) is 5.75 Å². The maximum absolute atomic E-state index is 13.4. The van der Waals surface area contributed by atoms with Crippen molar-refractivity contribution in [2.75, 3.05) is 6.61 Å². The Labute approximate surface area is 126 Å². The van der Waals surface area contributed by atoms with Crippen LogP contribution in [0.5, 0.6) is 5.75 Å². The van der Waals surface area contributed by atoms with Crippen molar-refractivity contribution in [3.05, 3.63) is 64.5 Å². The molecule has 2 aromatic carbocycles. The molecule has 0 aliphatic carbocycles. The molecule has 3 heteroatoms. The number of hydrogen-bond acceptors (Lipinski definition) is 1. The Balaban J connectivity index is 1.93. The monoisotopic (exact) mass is 334 g/mol. The molecule has 0 spiro atoms. The minimum absolute atomic E-state index is 0.0778. The van der Waals surface area contributed by atoms with Gasteiger partial charge in [0.05, 0.1) is 11.4 Å². The Hall–Kier alpha value is -1.35. The summed E-state index contributed by atoms with van der Waals surface area (Å²) in [6.07, 6.45) is 2.13. The van der Waals surface area contributed by atoms with E-state index in [1.54, 1.807) is 6.92 Å². The summed E-state index contributed by atoms with van der Waals surface area (Å²) in [6.45, 7) is 2.60. The normalized spacial score (nSPS) is 15.3. The van der Waals surface area contributed by atoms with E-state index in [1.165, 1.54) is 17.2 Å². The van der Waals surface area contributed by atoms with E-state index >= 15 is 0 Å². The van der Waals surface area contributed by atoms with Gasteiger partial charge in [0, 0.05) is 0 Å². The first-order valence-corrected chi connectivity index (χ1v) is 7.72. The van der Waals surface area contributed by atoms with E-state index in [2.05, 4.69) is 28.1 Å². The van der Waals surface area contributed by atoms with Crippen LogP contribution in [-0.2, 0) is 6.42 Å². The minimum atomic E-state index is -0.160. The second kappa shape index (κ2) is 5.57. The Bertz CT molecular complexity index is 639. The number of halogens is 2. The molecule has 20 heavy (non-hydrogen) atoms. The predicted molar refractivity (Wildman–Crippen MR) is 82.2 cm³/mol. The number of benzene rings is 2. The molecule has 1 atom stereocenters. The third-order valence-corrected chi connectivity index (χ3v) is 4.76. The molecular weight excluding hydrogens is 319 g/mol. The van der Waals surface area contributed by atoms with Crippen LogP contribution in [0, 0.1) is 12.7 Å². The molecule has 0 aromatic heterocycles. The van der Waals surface area contributed by atoms with E-state index in [-0.39, 0.29) is 10.6 Å². The summed E-state index contributed by atoms with van der Waals surface area (Å²) < 4.78 is 19.0. The second-order valence-corrected chi connectivity index (χ2v) is 6.11. The lowest BCUT2D eigenvalue weighted by Gasteiger charge is -2.19. The maximum Gasteiger partial charge on any atom is 0.126 e. The van der Waals surface area contributed by atoms with Crippen molar-refractivity contribution in [1.29, 1.82) is 0 Å². The maximum atomic E-state index is 13.4. The van der Waals surface area contributed by atoms with Gasteiger partial charge in [-0.3, -0.25) is 0 Å². The highest BCUT2D eigenvalue weighted by Crippen LogP contribution is 2.35. The van der Waals surface area contributed by atoms with Gasteiger partial charge >= 0.3 is 0 Å². The van der Waals surface area contributed by atoms with Gasteiger partial charge in [0.25, 0.3) is 0 Å². The molecular formula is C17H16BrFO. The molecule has 0 saturated heterocycles. The largest absolute Gasteiger partial charge is 0.493 e. The molecule has 104 valence electrons. The van der Waals surface area contributed by atoms with Gasteiger partial charge in [-0.15, -0.1) is 0 Å². The fraction of sp³-hybridized carbons (Fsp3) is 0.294. The van der Waals surface area contributed by atoms with E-state index in [9.17, 15) is 4.39 Å². The molecule has 0 amide bonds. The highest BCUT2D eigenvalue weighted by Gasteiger charge is 2.16. The number of aryl methyl sites for hydroxylation is 2. The lowest BCUT2D eigenvalue weighted by molar-refractivity contribution is 0.288. The lowest BCUT2D eigenvalue weighted by atomic mass is 9.98. The first-order valence-electron chi connectivity index (χ1n) is 6.81. The molecule has 1 unspecified atom stereocenters. The van der Waals surface area contributed by atoms with Crippen LogP contribution >= 0.6 is 15.9 Å². The molecule has 0 radical (unpaired) electrons. The fourth-order valence-electron chi connectivity index (χ4n) is 2.56. The zero-order valence-electron chi connectivity index (χ0n) is 11.3. The summed E-state index contributed by atoms with van der Waals surface area (Å²) in [5.41, 5.74) is 4.19. The Kier molecular flexibility index (Phi) is 3.79. The molecule has 1 heterocycles. The predicted octanol–water partition coefficient (Wildman–Crippen LogP) is 4.94. The van der Waals surface area contributed by atoms with E-state index < -0.39 is 0 Å². The highest BCUT2D eigenvalue weighted by atomic mass is 79.9. The average Bonchev–Trinajstić information content (AvgIpc) is 2.49. The molecule has 2 aromatic rings. The van der Waals surface area contributed by atoms with Gasteiger partial charge in [-0.2, -0.15) is 0 Å². The van der Waals surface area contributed by atoms with Crippen LogP contribution in [0.2, 0.25) is 0 Å². The molecule has 1 nitrogen and oxygen atoms in total. The smallest absolute Gasteiger partial charge is 0.126 e. The number of ether oxygens (including phenoxy) is 1. The Morgan fingerprint density at radius 3 is 2.70 bits per heavy atom. The van der Waals surface area contributed by atoms with Crippen LogP contribution in [0.3, 0.4) is 0 Å². The summed E-state index contributed by atoms with van der Waals surface area (Å²) in [7, 11) is 0. The topological polar surface area (TPSA) is 9.23 Å². The fourth-order valence-corrected chi connectivity index (χ4v) is 3.13. The van der Waals surface area contributed by atoms with Crippen LogP contribution in [0.25, 0.3) is 0 Å². The first-order chi connectivity index (χ1) is 9.65. The van der Waals surface area contributed by atoms with Crippen LogP contribution in [-0.4, -0.2) is 6.61 Å². The molecule has 3 rings (SSSR count). The van der Waals surface area contributed by atoms with Crippen molar-refractivity contribution in [2.24, 2.45) is 0 Å². The van der Waals surface area contributed by atoms with E-state index in [1.807, 2.05) is 18.2 Å². The lowest BCUT2D eigenvalue weighted by Crippen LogP contribution is -2.08. The summed E-state index contributed by atoms with van der Waals surface area (Å²) in [4.78, 5) is 0.0778. The van der Waals surface area contributed by atoms with E-state index in [0.29, 0.717) is 5.56 Å². The Morgan fingerprint density at radius 1 is 1.15 bits per heavy atom. The summed E-state index contributed by atoms with van der Waals surface area (Å²) in [5.74, 6) is 0.835. The Morgan fingerprint density at radius 2 is 1.90 bits per heavy atom. The van der Waals surface area contributed by atoms with Crippen molar-refractivity contribution >= 4 is 15.9 Å². The first kappa shape index (κ1) is 13.6. The number of fused-ring (bicyclic) bond motifs is 1. The molecule has 0 bridgehead atoms. The van der Waals surface area contributed by atoms with Crippen LogP contribution in [0.15, 0.2) is 36.4 Å². The number of rotatable bonds is 2. The van der Waals surface area contributed by atoms with Crippen molar-refractivity contribution in [1.82, 2.24) is 0 Å². The zero-order chi connectivity index (χ0) is 14.1. The van der Waals surface area contributed by atoms with Crippen LogP contribution in [0.4, 0.5) is 4.39 Å². The summed E-state index contributed by atoms with van der Waals surface area (Å²) in [5, 5.41) is 0. The van der Waals surface area contributed by atoms with Crippen molar-refractivity contribution in [2.45, 2.75) is 24.6 Å². The van der Waals surface area contributed by atoms with Crippen LogP contribution in [0.1, 0.15) is 33.5 Å². The van der Waals surface area contributed by atoms with Crippen molar-refractivity contribution < 1.29 is 9.13 Å². The highest BCUT2D eigenvalue weighted by molar-refractivity contribution is 9.09. The van der Waals surface area contributed by atoms with Gasteiger partial charge in [-0.25, -0.2) is 4.39 Å². The van der Waals surface area contributed by atoms with Gasteiger partial charge in [0.15, 0.2) is 0 Å². The molecule has 1 aliphatic heterocycles. The molecule has 0 fully saturated rings. The van der Waals surface area contributed by atoms with E-state index in [4.69, 9.17) is 4.74 Å². The molecule has 1 aliphatic rings. The second-order valence-electron chi connectivity index (χ2n) is 5.19. The third-order valence-electron chi connectivity index (χ3n) is 3.70. The molecule has 0 saturated carbocycles.